The number of nitrogens with one attached hydrogen (secondary N) is 1. The lowest BCUT2D eigenvalue weighted by molar-refractivity contribution is -0.140. The number of carbonyl (C=O) groups excluding carboxylic acids is 2. The van der Waals surface area contributed by atoms with Gasteiger partial charge in [0, 0.05) is 26.1 Å². The number of hydrogen-bond donors (Lipinski definition) is 1. The lowest BCUT2D eigenvalue weighted by atomic mass is 10.1. The van der Waals surface area contributed by atoms with E-state index in [1.807, 2.05) is 44.2 Å². The highest BCUT2D eigenvalue weighted by molar-refractivity contribution is 7.92. The zero-order chi connectivity index (χ0) is 29.1. The third kappa shape index (κ3) is 10.2. The van der Waals surface area contributed by atoms with Crippen molar-refractivity contribution in [2.75, 3.05) is 30.2 Å². The van der Waals surface area contributed by atoms with Crippen LogP contribution in [0.5, 0.6) is 0 Å². The van der Waals surface area contributed by atoms with Gasteiger partial charge in [-0.15, -0.1) is 0 Å². The minimum Gasteiger partial charge on any atom is -0.354 e. The Morgan fingerprint density at radius 1 is 0.974 bits per heavy atom. The third-order valence-electron chi connectivity index (χ3n) is 6.31. The summed E-state index contributed by atoms with van der Waals surface area (Å²) in [6, 6.07) is 12.9. The van der Waals surface area contributed by atoms with Crippen LogP contribution < -0.4 is 9.62 Å². The quantitative estimate of drug-likeness (QED) is 0.305. The van der Waals surface area contributed by atoms with E-state index in [4.69, 9.17) is 0 Å². The van der Waals surface area contributed by atoms with E-state index in [1.165, 1.54) is 11.0 Å². The van der Waals surface area contributed by atoms with Crippen LogP contribution in [0.2, 0.25) is 0 Å². The molecule has 2 amide bonds. The van der Waals surface area contributed by atoms with Crippen LogP contribution >= 0.6 is 0 Å². The molecule has 0 bridgehead atoms. The van der Waals surface area contributed by atoms with Crippen molar-refractivity contribution in [3.63, 3.8) is 0 Å². The zero-order valence-electron chi connectivity index (χ0n) is 22.7. The summed E-state index contributed by atoms with van der Waals surface area (Å²) in [5.41, 5.74) is -0.0801. The fourth-order valence-corrected chi connectivity index (χ4v) is 5.20. The molecule has 0 aromatic heterocycles. The predicted molar refractivity (Wildman–Crippen MR) is 147 cm³/mol. The maximum atomic E-state index is 13.4. The van der Waals surface area contributed by atoms with E-state index in [9.17, 15) is 31.2 Å². The average molecular weight is 570 g/mol. The molecule has 0 saturated carbocycles. The molecule has 11 heteroatoms. The second-order valence-corrected chi connectivity index (χ2v) is 11.3. The highest BCUT2D eigenvalue weighted by Crippen LogP contribution is 2.32. The Balaban J connectivity index is 2.18. The van der Waals surface area contributed by atoms with E-state index < -0.39 is 27.8 Å². The molecule has 2 aromatic carbocycles. The number of carbonyl (C=O) groups is 2. The van der Waals surface area contributed by atoms with Gasteiger partial charge in [0.05, 0.1) is 17.5 Å². The Morgan fingerprint density at radius 2 is 1.67 bits per heavy atom. The number of nitrogens with zero attached hydrogens (tertiary/aromatic N) is 2. The first-order chi connectivity index (χ1) is 18.4. The number of hydrogen-bond acceptors (Lipinski definition) is 4. The first-order valence-corrected chi connectivity index (χ1v) is 15.0. The molecular formula is C28H38F3N3O4S. The van der Waals surface area contributed by atoms with Crippen molar-refractivity contribution in [1.82, 2.24) is 10.2 Å². The lowest BCUT2D eigenvalue weighted by Gasteiger charge is -2.31. The second kappa shape index (κ2) is 14.9. The van der Waals surface area contributed by atoms with Gasteiger partial charge in [0.2, 0.25) is 21.8 Å². The van der Waals surface area contributed by atoms with E-state index in [-0.39, 0.29) is 36.9 Å². The first kappa shape index (κ1) is 32.1. The van der Waals surface area contributed by atoms with Crippen molar-refractivity contribution >= 4 is 27.5 Å². The average Bonchev–Trinajstić information content (AvgIpc) is 2.88. The van der Waals surface area contributed by atoms with Gasteiger partial charge in [-0.2, -0.15) is 13.2 Å². The van der Waals surface area contributed by atoms with Crippen molar-refractivity contribution < 1.29 is 31.2 Å². The van der Waals surface area contributed by atoms with E-state index in [0.29, 0.717) is 25.9 Å². The Bertz CT molecular complexity index is 1170. The topological polar surface area (TPSA) is 86.8 Å². The maximum absolute atomic E-state index is 13.4. The molecule has 0 fully saturated rings. The van der Waals surface area contributed by atoms with Crippen molar-refractivity contribution in [3.8, 4) is 0 Å². The molecule has 0 heterocycles. The third-order valence-corrected chi connectivity index (χ3v) is 7.51. The van der Waals surface area contributed by atoms with Gasteiger partial charge >= 0.3 is 6.18 Å². The number of benzene rings is 2. The number of alkyl halides is 3. The maximum Gasteiger partial charge on any atom is 0.416 e. The molecule has 0 aliphatic heterocycles. The Morgan fingerprint density at radius 3 is 2.26 bits per heavy atom. The van der Waals surface area contributed by atoms with Crippen LogP contribution in [0.4, 0.5) is 18.9 Å². The predicted octanol–water partition coefficient (Wildman–Crippen LogP) is 5.02. The van der Waals surface area contributed by atoms with Crippen molar-refractivity contribution in [2.24, 2.45) is 0 Å². The molecule has 0 aliphatic carbocycles. The molecule has 1 N–H and O–H groups in total. The highest BCUT2D eigenvalue weighted by atomic mass is 32.2. The molecule has 39 heavy (non-hydrogen) atoms. The monoisotopic (exact) mass is 569 g/mol. The Kier molecular flexibility index (Phi) is 12.3. The summed E-state index contributed by atoms with van der Waals surface area (Å²) in [4.78, 5) is 27.8. The molecule has 216 valence electrons. The smallest absolute Gasteiger partial charge is 0.354 e. The Hall–Kier alpha value is -3.08. The second-order valence-electron chi connectivity index (χ2n) is 9.38. The minimum atomic E-state index is -4.62. The molecule has 0 aliphatic rings. The fraction of sp³-hybridized carbons (Fsp3) is 0.500. The first-order valence-electron chi connectivity index (χ1n) is 13.1. The van der Waals surface area contributed by atoms with Crippen molar-refractivity contribution in [1.29, 1.82) is 0 Å². The van der Waals surface area contributed by atoms with Crippen LogP contribution in [-0.2, 0) is 32.2 Å². The summed E-state index contributed by atoms with van der Waals surface area (Å²) >= 11 is 0. The molecule has 1 unspecified atom stereocenters. The fourth-order valence-electron chi connectivity index (χ4n) is 4.24. The number of halogens is 3. The van der Waals surface area contributed by atoms with E-state index in [1.54, 1.807) is 0 Å². The van der Waals surface area contributed by atoms with Crippen LogP contribution in [0.3, 0.4) is 0 Å². The molecule has 0 spiro atoms. The van der Waals surface area contributed by atoms with Gasteiger partial charge in [-0.25, -0.2) is 8.42 Å². The van der Waals surface area contributed by atoms with Crippen LogP contribution in [0, 0.1) is 0 Å². The molecule has 1 atom stereocenters. The van der Waals surface area contributed by atoms with Crippen LogP contribution in [0.25, 0.3) is 0 Å². The van der Waals surface area contributed by atoms with Gasteiger partial charge in [0.25, 0.3) is 0 Å². The minimum absolute atomic E-state index is 0.0673. The zero-order valence-corrected chi connectivity index (χ0v) is 23.5. The van der Waals surface area contributed by atoms with Gasteiger partial charge in [0.1, 0.15) is 6.04 Å². The molecule has 2 aromatic rings. The molecule has 7 nitrogen and oxygen atoms in total. The van der Waals surface area contributed by atoms with Gasteiger partial charge in [-0.3, -0.25) is 13.9 Å². The van der Waals surface area contributed by atoms with Gasteiger partial charge in [0.15, 0.2) is 0 Å². The van der Waals surface area contributed by atoms with Crippen molar-refractivity contribution in [2.45, 2.75) is 64.6 Å². The largest absolute Gasteiger partial charge is 0.416 e. The van der Waals surface area contributed by atoms with Crippen LogP contribution in [-0.4, -0.2) is 57.1 Å². The number of rotatable bonds is 15. The molecular weight excluding hydrogens is 531 g/mol. The lowest BCUT2D eigenvalue weighted by Crippen LogP contribution is -2.50. The normalized spacial score (nSPS) is 12.6. The van der Waals surface area contributed by atoms with Crippen LogP contribution in [0.1, 0.15) is 57.1 Å². The summed E-state index contributed by atoms with van der Waals surface area (Å²) in [6.45, 7) is 4.46. The molecule has 0 radical (unpaired) electrons. The van der Waals surface area contributed by atoms with Gasteiger partial charge in [-0.05, 0) is 49.4 Å². The summed E-state index contributed by atoms with van der Waals surface area (Å²) < 4.78 is 65.3. The van der Waals surface area contributed by atoms with Gasteiger partial charge in [-0.1, -0.05) is 56.7 Å². The standard InChI is InChI=1S/C28H38F3N3O4S/c1-4-6-18-32-27(36)25(5-2)33(20-17-22-12-8-7-9-13-22)26(35)16-11-19-34(39(3,37)38)24-15-10-14-23(21-24)28(29,30)31/h7-10,12-15,21,25H,4-6,11,16-20H2,1-3H3,(H,32,36). The highest BCUT2D eigenvalue weighted by Gasteiger charge is 2.32. The van der Waals surface area contributed by atoms with E-state index >= 15 is 0 Å². The molecule has 2 rings (SSSR count). The van der Waals surface area contributed by atoms with Crippen LogP contribution in [0.15, 0.2) is 54.6 Å². The summed E-state index contributed by atoms with van der Waals surface area (Å²) in [5, 5.41) is 2.89. The number of sulfonamides is 1. The molecule has 0 saturated heterocycles. The number of anilines is 1. The number of unbranched alkanes of at least 4 members (excludes halogenated alkanes) is 1. The summed E-state index contributed by atoms with van der Waals surface area (Å²) in [6.07, 6.45) is -1.05. The summed E-state index contributed by atoms with van der Waals surface area (Å²) in [7, 11) is -3.91. The van der Waals surface area contributed by atoms with Gasteiger partial charge < -0.3 is 10.2 Å². The van der Waals surface area contributed by atoms with Crippen molar-refractivity contribution in [3.05, 3.63) is 65.7 Å². The van der Waals surface area contributed by atoms with E-state index in [0.717, 1.165) is 47.2 Å². The SMILES string of the molecule is CCCCNC(=O)C(CC)N(CCc1ccccc1)C(=O)CCCN(c1cccc(C(F)(F)F)c1)S(C)(=O)=O. The Labute approximate surface area is 229 Å². The number of amides is 2. The summed E-state index contributed by atoms with van der Waals surface area (Å²) in [5.74, 6) is -0.560. The van der Waals surface area contributed by atoms with E-state index in [2.05, 4.69) is 5.32 Å².